The maximum absolute atomic E-state index is 12.9. The zero-order valence-corrected chi connectivity index (χ0v) is 17.1. The van der Waals surface area contributed by atoms with Gasteiger partial charge in [0.2, 0.25) is 0 Å². The second-order valence-electron chi connectivity index (χ2n) is 6.07. The molecule has 25 heavy (non-hydrogen) atoms. The SMILES string of the molecule is CCNC(=NCC(O)c1ccc(F)cc1)NCCC1=CCCCC1.I. The Kier molecular flexibility index (Phi) is 10.7. The first kappa shape index (κ1) is 21.9. The average molecular weight is 461 g/mol. The molecule has 3 N–H and O–H groups in total. The Bertz CT molecular complexity index is 560. The van der Waals surface area contributed by atoms with Crippen LogP contribution in [0.2, 0.25) is 0 Å². The fourth-order valence-corrected chi connectivity index (χ4v) is 2.78. The summed E-state index contributed by atoms with van der Waals surface area (Å²) in [6.07, 6.45) is 7.67. The van der Waals surface area contributed by atoms with Gasteiger partial charge in [0, 0.05) is 13.1 Å². The lowest BCUT2D eigenvalue weighted by Gasteiger charge is -2.16. The zero-order chi connectivity index (χ0) is 17.2. The van der Waals surface area contributed by atoms with E-state index in [-0.39, 0.29) is 36.3 Å². The van der Waals surface area contributed by atoms with Gasteiger partial charge in [-0.1, -0.05) is 23.8 Å². The Morgan fingerprint density at radius 3 is 2.64 bits per heavy atom. The predicted octanol–water partition coefficient (Wildman–Crippen LogP) is 3.92. The highest BCUT2D eigenvalue weighted by Gasteiger charge is 2.08. The van der Waals surface area contributed by atoms with Gasteiger partial charge in [-0.05, 0) is 56.7 Å². The summed E-state index contributed by atoms with van der Waals surface area (Å²) < 4.78 is 12.9. The number of hydrogen-bond donors (Lipinski definition) is 3. The van der Waals surface area contributed by atoms with E-state index in [9.17, 15) is 9.50 Å². The molecule has 2 rings (SSSR count). The summed E-state index contributed by atoms with van der Waals surface area (Å²) in [6.45, 7) is 3.85. The van der Waals surface area contributed by atoms with Crippen LogP contribution in [0.15, 0.2) is 40.9 Å². The number of nitrogens with one attached hydrogen (secondary N) is 2. The van der Waals surface area contributed by atoms with Crippen molar-refractivity contribution >= 4 is 29.9 Å². The summed E-state index contributed by atoms with van der Waals surface area (Å²) in [4.78, 5) is 4.43. The number of halogens is 2. The monoisotopic (exact) mass is 461 g/mol. The van der Waals surface area contributed by atoms with Gasteiger partial charge in [-0.15, -0.1) is 24.0 Å². The average Bonchev–Trinajstić information content (AvgIpc) is 2.61. The highest BCUT2D eigenvalue weighted by Crippen LogP contribution is 2.19. The van der Waals surface area contributed by atoms with Crippen LogP contribution in [-0.4, -0.2) is 30.7 Å². The van der Waals surface area contributed by atoms with Crippen LogP contribution < -0.4 is 10.6 Å². The maximum atomic E-state index is 12.9. The lowest BCUT2D eigenvalue weighted by molar-refractivity contribution is 0.187. The molecule has 6 heteroatoms. The van der Waals surface area contributed by atoms with Crippen LogP contribution in [0.1, 0.15) is 50.7 Å². The first-order chi connectivity index (χ1) is 11.7. The molecule has 1 aliphatic rings. The van der Waals surface area contributed by atoms with Gasteiger partial charge in [-0.3, -0.25) is 4.99 Å². The molecule has 1 aliphatic carbocycles. The van der Waals surface area contributed by atoms with E-state index < -0.39 is 6.10 Å². The number of rotatable bonds is 7. The molecule has 1 unspecified atom stereocenters. The van der Waals surface area contributed by atoms with Gasteiger partial charge in [0.25, 0.3) is 0 Å². The molecule has 0 aromatic heterocycles. The van der Waals surface area contributed by atoms with Gasteiger partial charge in [-0.25, -0.2) is 4.39 Å². The molecule has 0 spiro atoms. The molecule has 4 nitrogen and oxygen atoms in total. The summed E-state index contributed by atoms with van der Waals surface area (Å²) in [5.74, 6) is 0.400. The lowest BCUT2D eigenvalue weighted by Crippen LogP contribution is -2.38. The van der Waals surface area contributed by atoms with E-state index >= 15 is 0 Å². The highest BCUT2D eigenvalue weighted by atomic mass is 127. The van der Waals surface area contributed by atoms with E-state index in [1.807, 2.05) is 6.92 Å². The Morgan fingerprint density at radius 1 is 1.24 bits per heavy atom. The maximum Gasteiger partial charge on any atom is 0.191 e. The van der Waals surface area contributed by atoms with Crippen molar-refractivity contribution < 1.29 is 9.50 Å². The van der Waals surface area contributed by atoms with Gasteiger partial charge in [0.15, 0.2) is 5.96 Å². The molecule has 0 bridgehead atoms. The molecule has 1 atom stereocenters. The molecular formula is C19H29FIN3O. The molecule has 140 valence electrons. The van der Waals surface area contributed by atoms with Crippen molar-refractivity contribution in [3.05, 3.63) is 47.3 Å². The summed E-state index contributed by atoms with van der Waals surface area (Å²) >= 11 is 0. The van der Waals surface area contributed by atoms with E-state index in [0.29, 0.717) is 11.5 Å². The predicted molar refractivity (Wildman–Crippen MR) is 112 cm³/mol. The van der Waals surface area contributed by atoms with Crippen LogP contribution in [0.4, 0.5) is 4.39 Å². The molecule has 0 aliphatic heterocycles. The third kappa shape index (κ3) is 8.18. The van der Waals surface area contributed by atoms with Gasteiger partial charge < -0.3 is 15.7 Å². The minimum atomic E-state index is -0.734. The van der Waals surface area contributed by atoms with Crippen LogP contribution in [-0.2, 0) is 0 Å². The first-order valence-electron chi connectivity index (χ1n) is 8.82. The third-order valence-corrected chi connectivity index (χ3v) is 4.14. The van der Waals surface area contributed by atoms with Crippen molar-refractivity contribution in [1.82, 2.24) is 10.6 Å². The van der Waals surface area contributed by atoms with Gasteiger partial charge in [0.05, 0.1) is 12.6 Å². The number of allylic oxidation sites excluding steroid dienone is 1. The highest BCUT2D eigenvalue weighted by molar-refractivity contribution is 14.0. The van der Waals surface area contributed by atoms with Crippen molar-refractivity contribution in [2.75, 3.05) is 19.6 Å². The van der Waals surface area contributed by atoms with Crippen LogP contribution in [0.5, 0.6) is 0 Å². The Balaban J connectivity index is 0.00000312. The number of guanidine groups is 1. The first-order valence-corrected chi connectivity index (χ1v) is 8.82. The molecule has 1 aromatic rings. The van der Waals surface area contributed by atoms with Gasteiger partial charge >= 0.3 is 0 Å². The quantitative estimate of drug-likeness (QED) is 0.250. The fraction of sp³-hybridized carbons (Fsp3) is 0.526. The molecule has 0 fully saturated rings. The molecule has 0 radical (unpaired) electrons. The Labute approximate surface area is 167 Å². The van der Waals surface area contributed by atoms with Crippen molar-refractivity contribution in [3.8, 4) is 0 Å². The molecule has 0 saturated carbocycles. The smallest absolute Gasteiger partial charge is 0.191 e. The van der Waals surface area contributed by atoms with Crippen molar-refractivity contribution in [2.45, 2.75) is 45.1 Å². The fourth-order valence-electron chi connectivity index (χ4n) is 2.78. The second-order valence-corrected chi connectivity index (χ2v) is 6.07. The standard InChI is InChI=1S/C19H28FN3O.HI/c1-2-21-19(22-13-12-15-6-4-3-5-7-15)23-14-18(24)16-8-10-17(20)11-9-16;/h6,8-11,18,24H,2-5,7,12-14H2,1H3,(H2,21,22,23);1H. The van der Waals surface area contributed by atoms with Crippen LogP contribution in [0.25, 0.3) is 0 Å². The normalized spacial score (nSPS) is 15.8. The van der Waals surface area contributed by atoms with Crippen molar-refractivity contribution in [2.24, 2.45) is 4.99 Å². The number of hydrogen-bond acceptors (Lipinski definition) is 2. The summed E-state index contributed by atoms with van der Waals surface area (Å²) in [6, 6.07) is 5.88. The molecule has 0 amide bonds. The topological polar surface area (TPSA) is 56.7 Å². The molecule has 0 saturated heterocycles. The van der Waals surface area contributed by atoms with Crippen molar-refractivity contribution in [3.63, 3.8) is 0 Å². The van der Waals surface area contributed by atoms with E-state index in [0.717, 1.165) is 19.5 Å². The Hall–Kier alpha value is -1.15. The largest absolute Gasteiger partial charge is 0.386 e. The molecular weight excluding hydrogens is 432 g/mol. The molecule has 0 heterocycles. The van der Waals surface area contributed by atoms with Gasteiger partial charge in [0.1, 0.15) is 5.82 Å². The summed E-state index contributed by atoms with van der Waals surface area (Å²) in [7, 11) is 0. The minimum absolute atomic E-state index is 0. The number of aliphatic imine (C=N–C) groups is 1. The van der Waals surface area contributed by atoms with Crippen molar-refractivity contribution in [1.29, 1.82) is 0 Å². The van der Waals surface area contributed by atoms with Crippen LogP contribution >= 0.6 is 24.0 Å². The lowest BCUT2D eigenvalue weighted by atomic mass is 9.97. The zero-order valence-electron chi connectivity index (χ0n) is 14.8. The third-order valence-electron chi connectivity index (χ3n) is 4.14. The Morgan fingerprint density at radius 2 is 2.00 bits per heavy atom. The molecule has 1 aromatic carbocycles. The second kappa shape index (κ2) is 12.2. The minimum Gasteiger partial charge on any atom is -0.386 e. The number of nitrogens with zero attached hydrogens (tertiary/aromatic N) is 1. The van der Waals surface area contributed by atoms with Crippen LogP contribution in [0, 0.1) is 5.82 Å². The summed E-state index contributed by atoms with van der Waals surface area (Å²) in [5.41, 5.74) is 2.19. The van der Waals surface area contributed by atoms with Gasteiger partial charge in [-0.2, -0.15) is 0 Å². The summed E-state index contributed by atoms with van der Waals surface area (Å²) in [5, 5.41) is 16.7. The van der Waals surface area contributed by atoms with E-state index in [1.54, 1.807) is 12.1 Å². The van der Waals surface area contributed by atoms with E-state index in [1.165, 1.54) is 43.4 Å². The van der Waals surface area contributed by atoms with E-state index in [2.05, 4.69) is 21.7 Å². The number of aliphatic hydroxyl groups excluding tert-OH is 1. The number of benzene rings is 1. The number of aliphatic hydroxyl groups is 1. The van der Waals surface area contributed by atoms with Crippen LogP contribution in [0.3, 0.4) is 0 Å². The van der Waals surface area contributed by atoms with E-state index in [4.69, 9.17) is 0 Å².